The molecule has 1 aromatic carbocycles. The van der Waals surface area contributed by atoms with E-state index in [-0.39, 0.29) is 0 Å². The SMILES string of the molecule is O=C(O)n1cc(Cc2ccccc2)cn1. The highest BCUT2D eigenvalue weighted by Crippen LogP contribution is 2.07. The molecule has 0 spiro atoms. The molecule has 0 fully saturated rings. The van der Waals surface area contributed by atoms with Gasteiger partial charge in [-0.2, -0.15) is 9.78 Å². The number of carbonyl (C=O) groups is 1. The molecule has 0 amide bonds. The smallest absolute Gasteiger partial charge is 0.432 e. The minimum absolute atomic E-state index is 0.702. The van der Waals surface area contributed by atoms with Crippen LogP contribution in [0, 0.1) is 0 Å². The maximum atomic E-state index is 10.6. The Morgan fingerprint density at radius 2 is 2.00 bits per heavy atom. The number of aromatic nitrogens is 2. The predicted molar refractivity (Wildman–Crippen MR) is 54.9 cm³/mol. The molecule has 0 aliphatic carbocycles. The summed E-state index contributed by atoms with van der Waals surface area (Å²) in [6.07, 6.45) is 2.74. The van der Waals surface area contributed by atoms with E-state index < -0.39 is 6.09 Å². The molecule has 0 saturated heterocycles. The zero-order valence-electron chi connectivity index (χ0n) is 8.00. The van der Waals surface area contributed by atoms with Gasteiger partial charge in [-0.15, -0.1) is 0 Å². The Bertz CT molecular complexity index is 462. The predicted octanol–water partition coefficient (Wildman–Crippen LogP) is 2.00. The molecule has 4 nitrogen and oxygen atoms in total. The third kappa shape index (κ3) is 2.22. The van der Waals surface area contributed by atoms with Crippen molar-refractivity contribution in [1.82, 2.24) is 9.78 Å². The Labute approximate surface area is 86.8 Å². The van der Waals surface area contributed by atoms with Gasteiger partial charge in [-0.05, 0) is 11.1 Å². The lowest BCUT2D eigenvalue weighted by Crippen LogP contribution is -2.07. The quantitative estimate of drug-likeness (QED) is 0.810. The standard InChI is InChI=1S/C11H10N2O2/c14-11(15)13-8-10(7-12-13)6-9-4-2-1-3-5-9/h1-5,7-8H,6H2,(H,14,15). The average Bonchev–Trinajstić information content (AvgIpc) is 2.68. The fraction of sp³-hybridized carbons (Fsp3) is 0.0909. The fourth-order valence-corrected chi connectivity index (χ4v) is 1.39. The van der Waals surface area contributed by atoms with Crippen molar-refractivity contribution in [3.63, 3.8) is 0 Å². The van der Waals surface area contributed by atoms with Gasteiger partial charge in [-0.3, -0.25) is 0 Å². The molecule has 0 bridgehead atoms. The minimum atomic E-state index is -1.06. The molecule has 76 valence electrons. The van der Waals surface area contributed by atoms with Gasteiger partial charge in [0.15, 0.2) is 0 Å². The van der Waals surface area contributed by atoms with E-state index in [2.05, 4.69) is 5.10 Å². The van der Waals surface area contributed by atoms with Crippen LogP contribution < -0.4 is 0 Å². The summed E-state index contributed by atoms with van der Waals surface area (Å²) < 4.78 is 0.915. The van der Waals surface area contributed by atoms with Crippen molar-refractivity contribution < 1.29 is 9.90 Å². The Morgan fingerprint density at radius 1 is 1.27 bits per heavy atom. The van der Waals surface area contributed by atoms with Gasteiger partial charge in [-0.1, -0.05) is 30.3 Å². The number of hydrogen-bond acceptors (Lipinski definition) is 2. The molecule has 0 radical (unpaired) electrons. The summed E-state index contributed by atoms with van der Waals surface area (Å²) in [6, 6.07) is 9.86. The summed E-state index contributed by atoms with van der Waals surface area (Å²) in [6.45, 7) is 0. The van der Waals surface area contributed by atoms with Gasteiger partial charge in [0.05, 0.1) is 6.20 Å². The first-order chi connectivity index (χ1) is 7.25. The van der Waals surface area contributed by atoms with E-state index >= 15 is 0 Å². The molecule has 0 atom stereocenters. The van der Waals surface area contributed by atoms with Crippen LogP contribution >= 0.6 is 0 Å². The van der Waals surface area contributed by atoms with Gasteiger partial charge in [0.25, 0.3) is 0 Å². The lowest BCUT2D eigenvalue weighted by molar-refractivity contribution is 0.192. The van der Waals surface area contributed by atoms with Crippen molar-refractivity contribution in [3.05, 3.63) is 53.9 Å². The number of carboxylic acid groups (broad SMARTS) is 1. The molecule has 1 aromatic heterocycles. The van der Waals surface area contributed by atoms with E-state index in [1.165, 1.54) is 6.20 Å². The van der Waals surface area contributed by atoms with Gasteiger partial charge < -0.3 is 5.11 Å². The Hall–Kier alpha value is -2.10. The maximum Gasteiger partial charge on any atom is 0.432 e. The van der Waals surface area contributed by atoms with Crippen molar-refractivity contribution in [2.75, 3.05) is 0 Å². The Balaban J connectivity index is 2.15. The lowest BCUT2D eigenvalue weighted by Gasteiger charge is -1.96. The first kappa shape index (κ1) is 9.45. The highest BCUT2D eigenvalue weighted by molar-refractivity contribution is 5.66. The summed E-state index contributed by atoms with van der Waals surface area (Å²) in [4.78, 5) is 10.6. The second-order valence-electron chi connectivity index (χ2n) is 3.24. The third-order valence-corrected chi connectivity index (χ3v) is 2.08. The van der Waals surface area contributed by atoms with Crippen molar-refractivity contribution in [2.24, 2.45) is 0 Å². The largest absolute Gasteiger partial charge is 0.463 e. The van der Waals surface area contributed by atoms with E-state index in [1.54, 1.807) is 6.20 Å². The van der Waals surface area contributed by atoms with Crippen molar-refractivity contribution in [1.29, 1.82) is 0 Å². The van der Waals surface area contributed by atoms with Gasteiger partial charge >= 0.3 is 6.09 Å². The molecule has 0 aliphatic rings. The van der Waals surface area contributed by atoms with E-state index in [0.29, 0.717) is 6.42 Å². The molecule has 15 heavy (non-hydrogen) atoms. The third-order valence-electron chi connectivity index (χ3n) is 2.08. The molecule has 0 saturated carbocycles. The summed E-state index contributed by atoms with van der Waals surface area (Å²) in [7, 11) is 0. The monoisotopic (exact) mass is 202 g/mol. The fourth-order valence-electron chi connectivity index (χ4n) is 1.39. The molecule has 1 N–H and O–H groups in total. The summed E-state index contributed by atoms with van der Waals surface area (Å²) >= 11 is 0. The van der Waals surface area contributed by atoms with E-state index in [0.717, 1.165) is 15.8 Å². The highest BCUT2D eigenvalue weighted by Gasteiger charge is 2.04. The number of benzene rings is 1. The van der Waals surface area contributed by atoms with E-state index in [1.807, 2.05) is 30.3 Å². The average molecular weight is 202 g/mol. The van der Waals surface area contributed by atoms with E-state index in [9.17, 15) is 4.79 Å². The molecule has 4 heteroatoms. The van der Waals surface area contributed by atoms with E-state index in [4.69, 9.17) is 5.11 Å². The second-order valence-corrected chi connectivity index (χ2v) is 3.24. The summed E-state index contributed by atoms with van der Waals surface area (Å²) in [5, 5.41) is 12.4. The van der Waals surface area contributed by atoms with Crippen LogP contribution in [0.3, 0.4) is 0 Å². The van der Waals surface area contributed by atoms with Gasteiger partial charge in [0.1, 0.15) is 0 Å². The Morgan fingerprint density at radius 3 is 2.60 bits per heavy atom. The van der Waals surface area contributed by atoms with Crippen LogP contribution in [-0.4, -0.2) is 21.0 Å². The highest BCUT2D eigenvalue weighted by atomic mass is 16.4. The van der Waals surface area contributed by atoms with Crippen LogP contribution in [0.1, 0.15) is 11.1 Å². The van der Waals surface area contributed by atoms with Gasteiger partial charge in [0, 0.05) is 12.6 Å². The maximum absolute atomic E-state index is 10.6. The normalized spacial score (nSPS) is 10.1. The lowest BCUT2D eigenvalue weighted by atomic mass is 10.1. The first-order valence-electron chi connectivity index (χ1n) is 4.56. The molecule has 1 heterocycles. The van der Waals surface area contributed by atoms with Crippen LogP contribution in [0.5, 0.6) is 0 Å². The van der Waals surface area contributed by atoms with Crippen LogP contribution in [-0.2, 0) is 6.42 Å². The van der Waals surface area contributed by atoms with Gasteiger partial charge in [-0.25, -0.2) is 4.79 Å². The summed E-state index contributed by atoms with van der Waals surface area (Å²) in [5.41, 5.74) is 2.03. The molecular weight excluding hydrogens is 192 g/mol. The number of nitrogens with zero attached hydrogens (tertiary/aromatic N) is 2. The molecule has 2 rings (SSSR count). The van der Waals surface area contributed by atoms with Crippen LogP contribution in [0.15, 0.2) is 42.7 Å². The molecule has 2 aromatic rings. The minimum Gasteiger partial charge on any atom is -0.463 e. The summed E-state index contributed by atoms with van der Waals surface area (Å²) in [5.74, 6) is 0. The van der Waals surface area contributed by atoms with Crippen molar-refractivity contribution in [3.8, 4) is 0 Å². The van der Waals surface area contributed by atoms with Crippen LogP contribution in [0.25, 0.3) is 0 Å². The molecular formula is C11H10N2O2. The van der Waals surface area contributed by atoms with Gasteiger partial charge in [0.2, 0.25) is 0 Å². The zero-order chi connectivity index (χ0) is 10.7. The number of hydrogen-bond donors (Lipinski definition) is 1. The molecule has 0 unspecified atom stereocenters. The topological polar surface area (TPSA) is 55.1 Å². The second kappa shape index (κ2) is 3.96. The van der Waals surface area contributed by atoms with Crippen LogP contribution in [0.4, 0.5) is 4.79 Å². The first-order valence-corrected chi connectivity index (χ1v) is 4.56. The number of rotatable bonds is 2. The van der Waals surface area contributed by atoms with Crippen molar-refractivity contribution in [2.45, 2.75) is 6.42 Å². The molecule has 0 aliphatic heterocycles. The van der Waals surface area contributed by atoms with Crippen molar-refractivity contribution >= 4 is 6.09 Å². The zero-order valence-corrected chi connectivity index (χ0v) is 8.00. The van der Waals surface area contributed by atoms with Crippen LogP contribution in [0.2, 0.25) is 0 Å². The Kier molecular flexibility index (Phi) is 2.49.